The van der Waals surface area contributed by atoms with Crippen LogP contribution in [0.4, 0.5) is 18.9 Å². The Bertz CT molecular complexity index is 2040. The summed E-state index contributed by atoms with van der Waals surface area (Å²) in [5.74, 6) is 0.405. The van der Waals surface area contributed by atoms with E-state index in [1.54, 1.807) is 29.5 Å². The molecule has 4 aromatic heterocycles. The highest BCUT2D eigenvalue weighted by molar-refractivity contribution is 7.21. The smallest absolute Gasteiger partial charge is 0.365 e. The van der Waals surface area contributed by atoms with Gasteiger partial charge in [-0.15, -0.1) is 11.3 Å². The second-order valence-electron chi connectivity index (χ2n) is 13.5. The fourth-order valence-corrected chi connectivity index (χ4v) is 9.75. The number of nitrogens with one attached hydrogen (secondary N) is 1. The Hall–Kier alpha value is -4.52. The summed E-state index contributed by atoms with van der Waals surface area (Å²) in [6.07, 6.45) is 4.98. The lowest BCUT2D eigenvalue weighted by Gasteiger charge is -2.56. The Morgan fingerprint density at radius 3 is 2.28 bits per heavy atom. The van der Waals surface area contributed by atoms with Crippen molar-refractivity contribution in [1.82, 2.24) is 24.5 Å². The van der Waals surface area contributed by atoms with Gasteiger partial charge in [0.2, 0.25) is 0 Å². The van der Waals surface area contributed by atoms with Gasteiger partial charge >= 0.3 is 6.18 Å². The number of carbonyl (C=O) groups excluding carboxylic acids is 2. The van der Waals surface area contributed by atoms with Gasteiger partial charge in [0.05, 0.1) is 28.8 Å². The van der Waals surface area contributed by atoms with E-state index in [4.69, 9.17) is 10.8 Å². The number of alkyl halides is 3. The number of nitrogens with zero attached hydrogens (tertiary/aromatic N) is 5. The van der Waals surface area contributed by atoms with Crippen molar-refractivity contribution >= 4 is 39.1 Å². The number of amides is 2. The fourth-order valence-electron chi connectivity index (χ4n) is 8.74. The number of hydrogen-bond acceptors (Lipinski definition) is 6. The number of nitrogens with two attached hydrogens (primary N) is 1. The molecule has 0 spiro atoms. The van der Waals surface area contributed by atoms with Crippen molar-refractivity contribution in [3.05, 3.63) is 76.3 Å². The lowest BCUT2D eigenvalue weighted by atomic mass is 9.48. The minimum atomic E-state index is -4.75. The van der Waals surface area contributed by atoms with Gasteiger partial charge in [-0.05, 0) is 87.0 Å². The molecule has 0 aliphatic heterocycles. The molecular weight excluding hydrogens is 627 g/mol. The zero-order valence-corrected chi connectivity index (χ0v) is 26.6. The van der Waals surface area contributed by atoms with Gasteiger partial charge in [-0.25, -0.2) is 9.67 Å². The topological polar surface area (TPSA) is 121 Å². The van der Waals surface area contributed by atoms with E-state index in [1.807, 2.05) is 30.3 Å². The first-order chi connectivity index (χ1) is 22.4. The summed E-state index contributed by atoms with van der Waals surface area (Å²) in [7, 11) is 1.68. The molecule has 0 atom stereocenters. The van der Waals surface area contributed by atoms with Crippen LogP contribution in [0.2, 0.25) is 0 Å². The fraction of sp³-hybridized carbons (Fsp3) is 0.382. The van der Waals surface area contributed by atoms with E-state index >= 15 is 0 Å². The lowest BCUT2D eigenvalue weighted by molar-refractivity contribution is -0.140. The van der Waals surface area contributed by atoms with Crippen LogP contribution < -0.4 is 11.1 Å². The van der Waals surface area contributed by atoms with Gasteiger partial charge in [0.1, 0.15) is 15.4 Å². The number of para-hydroxylation sites is 1. The van der Waals surface area contributed by atoms with Gasteiger partial charge in [-0.1, -0.05) is 18.2 Å². The lowest BCUT2D eigenvalue weighted by Crippen LogP contribution is -2.49. The van der Waals surface area contributed by atoms with Crippen LogP contribution >= 0.6 is 11.3 Å². The molecule has 4 saturated carbocycles. The summed E-state index contributed by atoms with van der Waals surface area (Å²) in [5, 5.41) is 12.4. The highest BCUT2D eigenvalue weighted by Gasteiger charge is 2.54. The highest BCUT2D eigenvalue weighted by atomic mass is 32.1. The monoisotopic (exact) mass is 659 g/mol. The minimum Gasteiger partial charge on any atom is -0.365 e. The third kappa shape index (κ3) is 4.85. The van der Waals surface area contributed by atoms with E-state index in [0.717, 1.165) is 48.0 Å². The van der Waals surface area contributed by atoms with E-state index in [9.17, 15) is 22.8 Å². The second-order valence-corrected chi connectivity index (χ2v) is 14.5. The largest absolute Gasteiger partial charge is 0.433 e. The van der Waals surface area contributed by atoms with Crippen LogP contribution in [0.25, 0.3) is 27.0 Å². The maximum atomic E-state index is 14.5. The molecule has 13 heteroatoms. The number of benzene rings is 1. The maximum Gasteiger partial charge on any atom is 0.433 e. The maximum absolute atomic E-state index is 14.5. The van der Waals surface area contributed by atoms with Crippen molar-refractivity contribution < 1.29 is 22.8 Å². The van der Waals surface area contributed by atoms with Gasteiger partial charge in [0.15, 0.2) is 0 Å². The zero-order valence-electron chi connectivity index (χ0n) is 25.8. The summed E-state index contributed by atoms with van der Waals surface area (Å²) >= 11 is 0.726. The quantitative estimate of drug-likeness (QED) is 0.203. The molecule has 3 N–H and O–H groups in total. The van der Waals surface area contributed by atoms with Crippen LogP contribution in [0, 0.1) is 24.7 Å². The van der Waals surface area contributed by atoms with Crippen molar-refractivity contribution in [2.75, 3.05) is 5.32 Å². The number of halogens is 3. The van der Waals surface area contributed by atoms with Crippen molar-refractivity contribution in [3.63, 3.8) is 0 Å². The Morgan fingerprint density at radius 2 is 1.70 bits per heavy atom. The third-order valence-electron chi connectivity index (χ3n) is 10.5. The first-order valence-electron chi connectivity index (χ1n) is 15.7. The van der Waals surface area contributed by atoms with E-state index in [2.05, 4.69) is 15.4 Å². The summed E-state index contributed by atoms with van der Waals surface area (Å²) in [6.45, 7) is 1.73. The van der Waals surface area contributed by atoms with E-state index < -0.39 is 23.7 Å². The van der Waals surface area contributed by atoms with Crippen LogP contribution in [0.1, 0.15) is 75.6 Å². The van der Waals surface area contributed by atoms with Crippen molar-refractivity contribution in [3.8, 4) is 16.8 Å². The number of fused-ring (bicyclic) bond motifs is 1. The number of aromatic nitrogens is 5. The molecule has 4 heterocycles. The van der Waals surface area contributed by atoms with Gasteiger partial charge in [0, 0.05) is 35.3 Å². The number of carbonyl (C=O) groups is 2. The summed E-state index contributed by atoms with van der Waals surface area (Å²) < 4.78 is 45.5. The van der Waals surface area contributed by atoms with Crippen molar-refractivity contribution in [2.45, 2.75) is 57.0 Å². The average Bonchev–Trinajstić information content (AvgIpc) is 3.72. The first-order valence-corrected chi connectivity index (χ1v) is 16.5. The predicted octanol–water partition coefficient (Wildman–Crippen LogP) is 7.03. The van der Waals surface area contributed by atoms with Crippen LogP contribution in [0.15, 0.2) is 48.8 Å². The molecule has 1 aromatic carbocycles. The molecule has 0 unspecified atom stereocenters. The van der Waals surface area contributed by atoms with Crippen LogP contribution in [0.5, 0.6) is 0 Å². The SMILES string of the molecule is Cc1c(-c2cc(C(F)(F)F)nc3sc(C(N)=O)c(NC(=O)c4cn(-c5ccccc5)nc4C45CC6CC(CC(C6)C4)C5)c23)cnn1C. The standard InChI is InChI=1S/C34H32F3N7O2S/c1-17-23(15-39-43(17)2)22-11-25(34(35,36)37)40-32-26(22)27(28(47-32)30(38)45)41-31(46)24-16-44(21-6-4-3-5-7-21)42-29(24)33-12-18-8-19(13-33)10-20(9-18)14-33/h3-7,11,15-16,18-20H,8-10,12-14H2,1-2H3,(H2,38,45)(H,41,46). The molecule has 9 rings (SSSR count). The first kappa shape index (κ1) is 29.9. The normalized spacial score (nSPS) is 23.5. The summed E-state index contributed by atoms with van der Waals surface area (Å²) in [4.78, 5) is 31.0. The van der Waals surface area contributed by atoms with Gasteiger partial charge in [-0.3, -0.25) is 14.3 Å². The van der Waals surface area contributed by atoms with Gasteiger partial charge in [0.25, 0.3) is 11.8 Å². The Balaban J connectivity index is 1.30. The predicted molar refractivity (Wildman–Crippen MR) is 171 cm³/mol. The summed E-state index contributed by atoms with van der Waals surface area (Å²) in [5.41, 5.74) is 7.54. The number of primary amides is 1. The molecule has 4 aliphatic rings. The van der Waals surface area contributed by atoms with Gasteiger partial charge in [-0.2, -0.15) is 23.4 Å². The Morgan fingerprint density at radius 1 is 1.04 bits per heavy atom. The van der Waals surface area contributed by atoms with Crippen molar-refractivity contribution in [2.24, 2.45) is 30.5 Å². The number of rotatable bonds is 6. The molecule has 47 heavy (non-hydrogen) atoms. The third-order valence-corrected chi connectivity index (χ3v) is 11.6. The molecule has 0 saturated heterocycles. The molecule has 2 amide bonds. The van der Waals surface area contributed by atoms with E-state index in [0.29, 0.717) is 34.6 Å². The van der Waals surface area contributed by atoms with Crippen molar-refractivity contribution in [1.29, 1.82) is 0 Å². The van der Waals surface area contributed by atoms with Gasteiger partial charge < -0.3 is 11.1 Å². The number of anilines is 1. The van der Waals surface area contributed by atoms with Crippen LogP contribution in [-0.4, -0.2) is 36.4 Å². The average molecular weight is 660 g/mol. The van der Waals surface area contributed by atoms with Crippen LogP contribution in [0.3, 0.4) is 0 Å². The molecular formula is C34H32F3N7O2S. The molecule has 242 valence electrons. The highest BCUT2D eigenvalue weighted by Crippen LogP contribution is 2.61. The number of aryl methyl sites for hydroxylation is 1. The molecule has 4 fully saturated rings. The zero-order chi connectivity index (χ0) is 32.8. The Kier molecular flexibility index (Phi) is 6.67. The second kappa shape index (κ2) is 10.5. The van der Waals surface area contributed by atoms with E-state index in [-0.39, 0.29) is 31.8 Å². The molecule has 9 nitrogen and oxygen atoms in total. The number of pyridine rings is 1. The van der Waals surface area contributed by atoms with E-state index in [1.165, 1.54) is 25.5 Å². The Labute approximate surface area is 272 Å². The van der Waals surface area contributed by atoms with Crippen LogP contribution in [-0.2, 0) is 18.6 Å². The number of hydrogen-bond donors (Lipinski definition) is 2. The molecule has 0 radical (unpaired) electrons. The molecule has 5 aromatic rings. The number of thiophene rings is 1. The summed E-state index contributed by atoms with van der Waals surface area (Å²) in [6, 6.07) is 10.5. The molecule has 4 bridgehead atoms. The molecule has 4 aliphatic carbocycles. The minimum absolute atomic E-state index is 0.0332.